The third kappa shape index (κ3) is 8.37. The highest BCUT2D eigenvalue weighted by molar-refractivity contribution is 6.76. The fourth-order valence-corrected chi connectivity index (χ4v) is 5.37. The summed E-state index contributed by atoms with van der Waals surface area (Å²) in [7, 11) is 2.68. The SMILES string of the molecule is CN(C)CCCn1nc(-c2cnc3c(n2)c(C(=O)NC(C)(C)CO)cn3COCC[Si](C)(C)C)c2cc(OC(F)F)ccc21. The van der Waals surface area contributed by atoms with E-state index in [0.29, 0.717) is 41.1 Å². The molecule has 0 radical (unpaired) electrons. The zero-order valence-corrected chi connectivity index (χ0v) is 27.5. The lowest BCUT2D eigenvalue weighted by Gasteiger charge is -2.23. The van der Waals surface area contributed by atoms with Crippen molar-refractivity contribution in [3.63, 3.8) is 0 Å². The quantitative estimate of drug-likeness (QED) is 0.142. The summed E-state index contributed by atoms with van der Waals surface area (Å²) in [4.78, 5) is 25.0. The van der Waals surface area contributed by atoms with Gasteiger partial charge in [-0.25, -0.2) is 9.97 Å². The van der Waals surface area contributed by atoms with Gasteiger partial charge in [0.2, 0.25) is 0 Å². The molecule has 3 heterocycles. The van der Waals surface area contributed by atoms with Gasteiger partial charge in [-0.2, -0.15) is 13.9 Å². The highest BCUT2D eigenvalue weighted by atomic mass is 28.3. The molecule has 4 aromatic rings. The Balaban J connectivity index is 1.80. The number of alkyl halides is 2. The summed E-state index contributed by atoms with van der Waals surface area (Å²) in [5.41, 5.74) is 1.71. The van der Waals surface area contributed by atoms with Crippen LogP contribution in [-0.4, -0.2) is 94.3 Å². The number of ether oxygens (including phenoxy) is 2. The van der Waals surface area contributed by atoms with E-state index in [0.717, 1.165) is 24.5 Å². The molecule has 44 heavy (non-hydrogen) atoms. The molecule has 1 aromatic carbocycles. The number of aryl methyl sites for hydroxylation is 1. The monoisotopic (exact) mass is 631 g/mol. The Morgan fingerprint density at radius 2 is 1.98 bits per heavy atom. The number of rotatable bonds is 15. The van der Waals surface area contributed by atoms with Crippen molar-refractivity contribution in [1.29, 1.82) is 0 Å². The number of benzene rings is 1. The zero-order valence-electron chi connectivity index (χ0n) is 26.5. The lowest BCUT2D eigenvalue weighted by Crippen LogP contribution is -2.46. The number of hydrogen-bond donors (Lipinski definition) is 2. The predicted octanol–water partition coefficient (Wildman–Crippen LogP) is 4.81. The molecule has 0 saturated carbocycles. The third-order valence-electron chi connectivity index (χ3n) is 7.05. The second-order valence-electron chi connectivity index (χ2n) is 13.1. The molecule has 240 valence electrons. The van der Waals surface area contributed by atoms with Gasteiger partial charge >= 0.3 is 6.61 Å². The summed E-state index contributed by atoms with van der Waals surface area (Å²) >= 11 is 0. The summed E-state index contributed by atoms with van der Waals surface area (Å²) in [6, 6.07) is 5.70. The molecule has 0 bridgehead atoms. The van der Waals surface area contributed by atoms with Gasteiger partial charge in [0.15, 0.2) is 5.65 Å². The number of hydrogen-bond acceptors (Lipinski definition) is 8. The van der Waals surface area contributed by atoms with Gasteiger partial charge in [-0.15, -0.1) is 0 Å². The smallest absolute Gasteiger partial charge is 0.387 e. The molecule has 11 nitrogen and oxygen atoms in total. The molecule has 3 aromatic heterocycles. The van der Waals surface area contributed by atoms with Crippen LogP contribution >= 0.6 is 0 Å². The van der Waals surface area contributed by atoms with Gasteiger partial charge in [0.1, 0.15) is 29.4 Å². The van der Waals surface area contributed by atoms with Gasteiger partial charge in [-0.05, 0) is 65.2 Å². The van der Waals surface area contributed by atoms with Crippen molar-refractivity contribution in [1.82, 2.24) is 34.5 Å². The maximum atomic E-state index is 13.4. The molecular weight excluding hydrogens is 588 g/mol. The van der Waals surface area contributed by atoms with Crippen molar-refractivity contribution in [3.05, 3.63) is 36.2 Å². The van der Waals surface area contributed by atoms with Crippen LogP contribution in [0.5, 0.6) is 5.75 Å². The Kier molecular flexibility index (Phi) is 10.4. The summed E-state index contributed by atoms with van der Waals surface area (Å²) in [6.45, 7) is 9.22. The molecule has 0 aliphatic carbocycles. The van der Waals surface area contributed by atoms with E-state index in [1.807, 2.05) is 18.8 Å². The number of aromatic nitrogens is 5. The maximum Gasteiger partial charge on any atom is 0.387 e. The molecule has 0 atom stereocenters. The highest BCUT2D eigenvalue weighted by Crippen LogP contribution is 2.32. The van der Waals surface area contributed by atoms with Crippen LogP contribution in [0.4, 0.5) is 8.78 Å². The lowest BCUT2D eigenvalue weighted by molar-refractivity contribution is -0.0497. The number of halogens is 2. The normalized spacial score (nSPS) is 12.6. The summed E-state index contributed by atoms with van der Waals surface area (Å²) < 4.78 is 40.3. The van der Waals surface area contributed by atoms with Crippen molar-refractivity contribution >= 4 is 36.0 Å². The largest absolute Gasteiger partial charge is 0.435 e. The van der Waals surface area contributed by atoms with E-state index in [1.165, 1.54) is 12.1 Å². The first kappa shape index (κ1) is 33.4. The molecule has 1 amide bonds. The van der Waals surface area contributed by atoms with Gasteiger partial charge in [-0.3, -0.25) is 9.48 Å². The fraction of sp³-hybridized carbons (Fsp3) is 0.533. The van der Waals surface area contributed by atoms with Crippen LogP contribution in [-0.2, 0) is 18.0 Å². The first-order chi connectivity index (χ1) is 20.7. The van der Waals surface area contributed by atoms with Crippen molar-refractivity contribution in [2.24, 2.45) is 0 Å². The van der Waals surface area contributed by atoms with E-state index in [2.05, 4.69) is 39.6 Å². The second-order valence-corrected chi connectivity index (χ2v) is 18.7. The van der Waals surface area contributed by atoms with E-state index in [4.69, 9.17) is 14.8 Å². The van der Waals surface area contributed by atoms with Crippen LogP contribution in [0, 0.1) is 0 Å². The van der Waals surface area contributed by atoms with Crippen LogP contribution in [0.3, 0.4) is 0 Å². The van der Waals surface area contributed by atoms with E-state index in [-0.39, 0.29) is 24.7 Å². The van der Waals surface area contributed by atoms with Crippen molar-refractivity contribution in [2.75, 3.05) is 33.9 Å². The number of carbonyl (C=O) groups is 1. The number of nitrogens with zero attached hydrogens (tertiary/aromatic N) is 6. The van der Waals surface area contributed by atoms with Crippen LogP contribution in [0.2, 0.25) is 25.7 Å². The molecule has 2 N–H and O–H groups in total. The molecule has 0 saturated heterocycles. The molecule has 0 aliphatic heterocycles. The van der Waals surface area contributed by atoms with Gasteiger partial charge in [0.05, 0.1) is 29.4 Å². The number of fused-ring (bicyclic) bond motifs is 2. The lowest BCUT2D eigenvalue weighted by atomic mass is 10.1. The average Bonchev–Trinajstić information content (AvgIpc) is 3.47. The Morgan fingerprint density at radius 1 is 1.23 bits per heavy atom. The fourth-order valence-electron chi connectivity index (χ4n) is 4.62. The maximum absolute atomic E-state index is 13.4. The van der Waals surface area contributed by atoms with E-state index >= 15 is 0 Å². The third-order valence-corrected chi connectivity index (χ3v) is 8.75. The van der Waals surface area contributed by atoms with Crippen LogP contribution in [0.1, 0.15) is 30.6 Å². The minimum absolute atomic E-state index is 0.00329. The van der Waals surface area contributed by atoms with Gasteiger partial charge < -0.3 is 29.4 Å². The number of aliphatic hydroxyl groups excluding tert-OH is 1. The number of aliphatic hydroxyl groups is 1. The minimum atomic E-state index is -2.97. The zero-order chi connectivity index (χ0) is 32.2. The average molecular weight is 632 g/mol. The van der Waals surface area contributed by atoms with Gasteiger partial charge in [0.25, 0.3) is 5.91 Å². The molecule has 0 aliphatic rings. The predicted molar refractivity (Wildman–Crippen MR) is 169 cm³/mol. The number of amides is 1. The standard InChI is InChI=1S/C30H43F2N7O4Si/c1-30(2,18-40)35-28(41)22-17-38(19-42-13-14-44(5,6)7)27-26(22)34-23(16-33-27)25-21-15-20(43-29(31)32)9-10-24(21)39(36-25)12-8-11-37(3)4/h9-10,15-17,29,40H,8,11-14,18-19H2,1-7H3,(H,35,41). The first-order valence-corrected chi connectivity index (χ1v) is 18.4. The second kappa shape index (κ2) is 13.7. The van der Waals surface area contributed by atoms with Crippen LogP contribution < -0.4 is 10.1 Å². The van der Waals surface area contributed by atoms with Crippen molar-refractivity contribution < 1.29 is 28.2 Å². The number of carbonyl (C=O) groups excluding carboxylic acids is 1. The topological polar surface area (TPSA) is 120 Å². The Labute approximate surface area is 257 Å². The first-order valence-electron chi connectivity index (χ1n) is 14.6. The summed E-state index contributed by atoms with van der Waals surface area (Å²) in [5, 5.41) is 18.0. The van der Waals surface area contributed by atoms with Crippen molar-refractivity contribution in [2.45, 2.75) is 71.4 Å². The van der Waals surface area contributed by atoms with E-state index in [9.17, 15) is 18.7 Å². The molecule has 0 fully saturated rings. The Bertz CT molecular complexity index is 1600. The minimum Gasteiger partial charge on any atom is -0.435 e. The molecule has 0 unspecified atom stereocenters. The Morgan fingerprint density at radius 3 is 2.64 bits per heavy atom. The molecular formula is C30H43F2N7O4Si. The van der Waals surface area contributed by atoms with Crippen LogP contribution in [0.25, 0.3) is 33.5 Å². The van der Waals surface area contributed by atoms with E-state index in [1.54, 1.807) is 36.9 Å². The summed E-state index contributed by atoms with van der Waals surface area (Å²) in [5.74, 6) is -0.420. The molecule has 0 spiro atoms. The molecule has 14 heteroatoms. The Hall–Kier alpha value is -3.46. The van der Waals surface area contributed by atoms with Gasteiger partial charge in [-0.1, -0.05) is 19.6 Å². The summed E-state index contributed by atoms with van der Waals surface area (Å²) in [6.07, 6.45) is 4.03. The molecule has 4 rings (SSSR count). The van der Waals surface area contributed by atoms with Crippen LogP contribution in [0.15, 0.2) is 30.6 Å². The van der Waals surface area contributed by atoms with Crippen molar-refractivity contribution in [3.8, 4) is 17.1 Å². The number of nitrogens with one attached hydrogen (secondary N) is 1. The van der Waals surface area contributed by atoms with E-state index < -0.39 is 26.1 Å². The highest BCUT2D eigenvalue weighted by Gasteiger charge is 2.26. The van der Waals surface area contributed by atoms with Gasteiger partial charge in [0, 0.05) is 32.8 Å².